The number of aromatic nitrogens is 1. The summed E-state index contributed by atoms with van der Waals surface area (Å²) in [6.45, 7) is 2.78. The van der Waals surface area contributed by atoms with Crippen LogP contribution in [0.25, 0.3) is 0 Å². The van der Waals surface area contributed by atoms with Crippen LogP contribution in [0.15, 0.2) is 47.6 Å². The normalized spacial score (nSPS) is 10.3. The molecule has 1 aromatic heterocycles. The predicted molar refractivity (Wildman–Crippen MR) is 78.3 cm³/mol. The SMILES string of the molecule is CCN(Cc1ccncc1)C(=O)c1cc(S)ccc1F. The number of hydrogen-bond acceptors (Lipinski definition) is 3. The van der Waals surface area contributed by atoms with Crippen molar-refractivity contribution < 1.29 is 9.18 Å². The monoisotopic (exact) mass is 290 g/mol. The fourth-order valence-corrected chi connectivity index (χ4v) is 2.09. The van der Waals surface area contributed by atoms with Gasteiger partial charge in [0.25, 0.3) is 5.91 Å². The number of benzene rings is 1. The van der Waals surface area contributed by atoms with E-state index in [0.29, 0.717) is 18.0 Å². The van der Waals surface area contributed by atoms with Gasteiger partial charge in [0.05, 0.1) is 5.56 Å². The topological polar surface area (TPSA) is 33.2 Å². The highest BCUT2D eigenvalue weighted by Crippen LogP contribution is 2.17. The van der Waals surface area contributed by atoms with Gasteiger partial charge in [-0.25, -0.2) is 4.39 Å². The van der Waals surface area contributed by atoms with Crippen molar-refractivity contribution in [2.45, 2.75) is 18.4 Å². The van der Waals surface area contributed by atoms with Crippen molar-refractivity contribution >= 4 is 18.5 Å². The molecule has 0 spiro atoms. The lowest BCUT2D eigenvalue weighted by Gasteiger charge is -2.21. The molecule has 2 rings (SSSR count). The quantitative estimate of drug-likeness (QED) is 0.877. The Kier molecular flexibility index (Phi) is 4.74. The molecule has 3 nitrogen and oxygen atoms in total. The predicted octanol–water partition coefficient (Wildman–Crippen LogP) is 3.17. The Morgan fingerprint density at radius 2 is 2.00 bits per heavy atom. The van der Waals surface area contributed by atoms with Gasteiger partial charge in [0.15, 0.2) is 0 Å². The van der Waals surface area contributed by atoms with E-state index in [4.69, 9.17) is 0 Å². The maximum Gasteiger partial charge on any atom is 0.257 e. The number of carbonyl (C=O) groups is 1. The Bertz CT molecular complexity index is 604. The summed E-state index contributed by atoms with van der Waals surface area (Å²) in [6, 6.07) is 7.91. The molecule has 1 amide bonds. The van der Waals surface area contributed by atoms with Crippen LogP contribution in [0.2, 0.25) is 0 Å². The van der Waals surface area contributed by atoms with Gasteiger partial charge in [-0.2, -0.15) is 0 Å². The van der Waals surface area contributed by atoms with Crippen molar-refractivity contribution in [2.75, 3.05) is 6.54 Å². The van der Waals surface area contributed by atoms with Crippen LogP contribution in [-0.2, 0) is 6.54 Å². The third kappa shape index (κ3) is 3.36. The van der Waals surface area contributed by atoms with E-state index in [9.17, 15) is 9.18 Å². The van der Waals surface area contributed by atoms with Crippen LogP contribution >= 0.6 is 12.6 Å². The molecule has 0 aliphatic rings. The summed E-state index contributed by atoms with van der Waals surface area (Å²) in [4.78, 5) is 18.5. The summed E-state index contributed by atoms with van der Waals surface area (Å²) in [6.07, 6.45) is 3.34. The van der Waals surface area contributed by atoms with Crippen molar-refractivity contribution in [3.8, 4) is 0 Å². The van der Waals surface area contributed by atoms with Crippen LogP contribution in [0, 0.1) is 5.82 Å². The minimum atomic E-state index is -0.527. The number of amides is 1. The van der Waals surface area contributed by atoms with E-state index in [1.165, 1.54) is 18.2 Å². The number of pyridine rings is 1. The summed E-state index contributed by atoms with van der Waals surface area (Å²) < 4.78 is 13.8. The maximum absolute atomic E-state index is 13.8. The molecular formula is C15H15FN2OS. The molecule has 5 heteroatoms. The standard InChI is InChI=1S/C15H15FN2OS/c1-2-18(10-11-5-7-17-8-6-11)15(19)13-9-12(20)3-4-14(13)16/h3-9,20H,2,10H2,1H3. The first-order valence-corrected chi connectivity index (χ1v) is 6.73. The van der Waals surface area contributed by atoms with Crippen LogP contribution in [0.3, 0.4) is 0 Å². The third-order valence-corrected chi connectivity index (χ3v) is 3.25. The van der Waals surface area contributed by atoms with E-state index in [0.717, 1.165) is 5.56 Å². The van der Waals surface area contributed by atoms with E-state index in [2.05, 4.69) is 17.6 Å². The molecule has 0 atom stereocenters. The molecule has 0 N–H and O–H groups in total. The van der Waals surface area contributed by atoms with E-state index in [-0.39, 0.29) is 11.5 Å². The van der Waals surface area contributed by atoms with Crippen molar-refractivity contribution in [1.82, 2.24) is 9.88 Å². The minimum Gasteiger partial charge on any atom is -0.335 e. The van der Waals surface area contributed by atoms with E-state index in [1.807, 2.05) is 19.1 Å². The van der Waals surface area contributed by atoms with Gasteiger partial charge >= 0.3 is 0 Å². The second kappa shape index (κ2) is 6.52. The van der Waals surface area contributed by atoms with E-state index >= 15 is 0 Å². The van der Waals surface area contributed by atoms with Gasteiger partial charge in [-0.15, -0.1) is 12.6 Å². The summed E-state index contributed by atoms with van der Waals surface area (Å²) in [7, 11) is 0. The molecule has 1 aromatic carbocycles. The van der Waals surface area contributed by atoms with Crippen LogP contribution in [0.5, 0.6) is 0 Å². The van der Waals surface area contributed by atoms with Crippen molar-refractivity contribution in [3.63, 3.8) is 0 Å². The largest absolute Gasteiger partial charge is 0.335 e. The highest BCUT2D eigenvalue weighted by atomic mass is 32.1. The smallest absolute Gasteiger partial charge is 0.257 e. The first kappa shape index (κ1) is 14.5. The molecule has 1 heterocycles. The van der Waals surface area contributed by atoms with Gasteiger partial charge in [0.2, 0.25) is 0 Å². The van der Waals surface area contributed by atoms with Crippen molar-refractivity contribution in [3.05, 3.63) is 59.7 Å². The molecule has 0 aliphatic carbocycles. The lowest BCUT2D eigenvalue weighted by Crippen LogP contribution is -2.31. The average molecular weight is 290 g/mol. The third-order valence-electron chi connectivity index (χ3n) is 2.97. The van der Waals surface area contributed by atoms with Gasteiger partial charge in [-0.3, -0.25) is 9.78 Å². The van der Waals surface area contributed by atoms with Crippen LogP contribution in [0.4, 0.5) is 4.39 Å². The first-order chi connectivity index (χ1) is 9.61. The maximum atomic E-state index is 13.8. The lowest BCUT2D eigenvalue weighted by molar-refractivity contribution is 0.0747. The number of carbonyl (C=O) groups excluding carboxylic acids is 1. The first-order valence-electron chi connectivity index (χ1n) is 6.28. The Hall–Kier alpha value is -1.88. The molecule has 2 aromatic rings. The van der Waals surface area contributed by atoms with Gasteiger partial charge in [0.1, 0.15) is 5.82 Å². The minimum absolute atomic E-state index is 0.0495. The molecule has 0 saturated carbocycles. The highest BCUT2D eigenvalue weighted by Gasteiger charge is 2.18. The second-order valence-corrected chi connectivity index (χ2v) is 4.86. The summed E-state index contributed by atoms with van der Waals surface area (Å²) in [5, 5.41) is 0. The Morgan fingerprint density at radius 3 is 2.65 bits per heavy atom. The molecule has 0 aliphatic heterocycles. The fraction of sp³-hybridized carbons (Fsp3) is 0.200. The molecule has 0 fully saturated rings. The molecular weight excluding hydrogens is 275 g/mol. The van der Waals surface area contributed by atoms with Crippen LogP contribution < -0.4 is 0 Å². The van der Waals surface area contributed by atoms with E-state index < -0.39 is 5.82 Å². The molecule has 20 heavy (non-hydrogen) atoms. The number of hydrogen-bond donors (Lipinski definition) is 1. The summed E-state index contributed by atoms with van der Waals surface area (Å²) >= 11 is 4.15. The van der Waals surface area contributed by atoms with Gasteiger partial charge in [-0.1, -0.05) is 0 Å². The number of halogens is 1. The highest BCUT2D eigenvalue weighted by molar-refractivity contribution is 7.80. The second-order valence-electron chi connectivity index (χ2n) is 4.34. The van der Waals surface area contributed by atoms with Gasteiger partial charge in [-0.05, 0) is 42.8 Å². The Morgan fingerprint density at radius 1 is 1.30 bits per heavy atom. The van der Waals surface area contributed by atoms with Gasteiger partial charge in [0, 0.05) is 30.4 Å². The molecule has 0 unspecified atom stereocenters. The molecule has 104 valence electrons. The van der Waals surface area contributed by atoms with Gasteiger partial charge < -0.3 is 4.90 Å². The van der Waals surface area contributed by atoms with Crippen LogP contribution in [0.1, 0.15) is 22.8 Å². The van der Waals surface area contributed by atoms with E-state index in [1.54, 1.807) is 17.3 Å². The zero-order chi connectivity index (χ0) is 14.5. The fourth-order valence-electron chi connectivity index (χ4n) is 1.88. The van der Waals surface area contributed by atoms with Crippen molar-refractivity contribution in [1.29, 1.82) is 0 Å². The average Bonchev–Trinajstić information content (AvgIpc) is 2.47. The molecule has 0 saturated heterocycles. The molecule has 0 radical (unpaired) electrons. The Balaban J connectivity index is 2.23. The lowest BCUT2D eigenvalue weighted by atomic mass is 10.1. The Labute approximate surface area is 122 Å². The van der Waals surface area contributed by atoms with Crippen LogP contribution in [-0.4, -0.2) is 22.3 Å². The molecule has 0 bridgehead atoms. The summed E-state index contributed by atoms with van der Waals surface area (Å²) in [5.74, 6) is -0.862. The zero-order valence-corrected chi connectivity index (χ0v) is 12.0. The number of nitrogens with zero attached hydrogens (tertiary/aromatic N) is 2. The van der Waals surface area contributed by atoms with Crippen molar-refractivity contribution in [2.24, 2.45) is 0 Å². The number of thiol groups is 1. The number of rotatable bonds is 4. The summed E-state index contributed by atoms with van der Waals surface area (Å²) in [5.41, 5.74) is 1.01. The zero-order valence-electron chi connectivity index (χ0n) is 11.1.